The fraction of sp³-hybridized carbons (Fsp3) is 0.286. The minimum Gasteiger partial charge on any atom is -0.492 e. The SMILES string of the molecule is Cc1csc(CO)c1S(=O)(=O)NCCOc1ccccc1. The molecule has 5 nitrogen and oxygen atoms in total. The summed E-state index contributed by atoms with van der Waals surface area (Å²) in [6, 6.07) is 9.19. The van der Waals surface area contributed by atoms with Gasteiger partial charge in [0.25, 0.3) is 0 Å². The molecule has 0 fully saturated rings. The maximum atomic E-state index is 12.2. The van der Waals surface area contributed by atoms with Gasteiger partial charge in [-0.2, -0.15) is 0 Å². The Hall–Kier alpha value is -1.41. The van der Waals surface area contributed by atoms with Crippen LogP contribution in [0.15, 0.2) is 40.6 Å². The van der Waals surface area contributed by atoms with Crippen molar-refractivity contribution in [3.05, 3.63) is 46.2 Å². The Kier molecular flexibility index (Phi) is 5.35. The van der Waals surface area contributed by atoms with Crippen LogP contribution in [0.25, 0.3) is 0 Å². The van der Waals surface area contributed by atoms with Crippen LogP contribution < -0.4 is 9.46 Å². The number of para-hydroxylation sites is 1. The van der Waals surface area contributed by atoms with Crippen LogP contribution in [0, 0.1) is 6.92 Å². The molecule has 2 aromatic rings. The number of aryl methyl sites for hydroxylation is 1. The Labute approximate surface area is 128 Å². The zero-order chi connectivity index (χ0) is 15.3. The van der Waals surface area contributed by atoms with E-state index in [1.165, 1.54) is 11.3 Å². The average Bonchev–Trinajstić information content (AvgIpc) is 2.86. The molecule has 0 radical (unpaired) electrons. The molecule has 0 saturated carbocycles. The lowest BCUT2D eigenvalue weighted by Crippen LogP contribution is -2.29. The molecule has 0 saturated heterocycles. The van der Waals surface area contributed by atoms with Crippen LogP contribution in [-0.4, -0.2) is 26.7 Å². The third-order valence-electron chi connectivity index (χ3n) is 2.81. The van der Waals surface area contributed by atoms with E-state index in [-0.39, 0.29) is 24.7 Å². The van der Waals surface area contributed by atoms with Crippen molar-refractivity contribution in [2.45, 2.75) is 18.4 Å². The van der Waals surface area contributed by atoms with Gasteiger partial charge >= 0.3 is 0 Å². The molecule has 0 aliphatic carbocycles. The second-order valence-corrected chi connectivity index (χ2v) is 7.06. The highest BCUT2D eigenvalue weighted by Gasteiger charge is 2.22. The number of sulfonamides is 1. The topological polar surface area (TPSA) is 75.6 Å². The summed E-state index contributed by atoms with van der Waals surface area (Å²) in [6.07, 6.45) is 0. The van der Waals surface area contributed by atoms with Gasteiger partial charge in [-0.3, -0.25) is 0 Å². The molecule has 0 amide bonds. The lowest BCUT2D eigenvalue weighted by Gasteiger charge is -2.09. The number of rotatable bonds is 7. The summed E-state index contributed by atoms with van der Waals surface area (Å²) in [7, 11) is -3.62. The second-order valence-electron chi connectivity index (χ2n) is 4.39. The number of hydrogen-bond donors (Lipinski definition) is 2. The number of aliphatic hydroxyl groups is 1. The molecule has 2 rings (SSSR count). The smallest absolute Gasteiger partial charge is 0.242 e. The van der Waals surface area contributed by atoms with E-state index in [0.717, 1.165) is 0 Å². The first kappa shape index (κ1) is 16.0. The Morgan fingerprint density at radius 2 is 2.00 bits per heavy atom. The molecule has 21 heavy (non-hydrogen) atoms. The number of nitrogens with one attached hydrogen (secondary N) is 1. The van der Waals surface area contributed by atoms with Crippen LogP contribution in [0.4, 0.5) is 0 Å². The monoisotopic (exact) mass is 327 g/mol. The maximum absolute atomic E-state index is 12.2. The molecule has 0 bridgehead atoms. The zero-order valence-corrected chi connectivity index (χ0v) is 13.2. The Morgan fingerprint density at radius 3 is 2.67 bits per heavy atom. The molecule has 7 heteroatoms. The molecule has 0 aliphatic rings. The standard InChI is InChI=1S/C14H17NO4S2/c1-11-10-20-13(9-16)14(11)21(17,18)15-7-8-19-12-5-3-2-4-6-12/h2-6,10,15-16H,7-9H2,1H3. The maximum Gasteiger partial charge on any atom is 0.242 e. The summed E-state index contributed by atoms with van der Waals surface area (Å²) < 4.78 is 32.4. The van der Waals surface area contributed by atoms with Gasteiger partial charge in [0.1, 0.15) is 17.3 Å². The van der Waals surface area contributed by atoms with E-state index < -0.39 is 10.0 Å². The summed E-state index contributed by atoms with van der Waals surface area (Å²) in [5.74, 6) is 0.694. The molecule has 0 atom stereocenters. The quantitative estimate of drug-likeness (QED) is 0.762. The Balaban J connectivity index is 1.94. The third kappa shape index (κ3) is 4.04. The van der Waals surface area contributed by atoms with Crippen LogP contribution in [0.5, 0.6) is 5.75 Å². The normalized spacial score (nSPS) is 11.5. The Morgan fingerprint density at radius 1 is 1.29 bits per heavy atom. The molecule has 1 heterocycles. The molecule has 1 aromatic heterocycles. The predicted molar refractivity (Wildman–Crippen MR) is 82.1 cm³/mol. The fourth-order valence-corrected chi connectivity index (χ4v) is 4.56. The van der Waals surface area contributed by atoms with Crippen LogP contribution >= 0.6 is 11.3 Å². The van der Waals surface area contributed by atoms with Gasteiger partial charge in [-0.25, -0.2) is 13.1 Å². The first-order valence-electron chi connectivity index (χ1n) is 6.40. The summed E-state index contributed by atoms with van der Waals surface area (Å²) in [4.78, 5) is 0.624. The summed E-state index contributed by atoms with van der Waals surface area (Å²) >= 11 is 1.24. The van der Waals surface area contributed by atoms with Crippen molar-refractivity contribution in [2.75, 3.05) is 13.2 Å². The molecular weight excluding hydrogens is 310 g/mol. The number of benzene rings is 1. The number of hydrogen-bond acceptors (Lipinski definition) is 5. The second kappa shape index (κ2) is 7.04. The summed E-state index contributed by atoms with van der Waals surface area (Å²) in [6.45, 7) is 1.83. The van der Waals surface area contributed by atoms with Crippen LogP contribution in [0.2, 0.25) is 0 Å². The number of thiophene rings is 1. The summed E-state index contributed by atoms with van der Waals surface area (Å²) in [5, 5.41) is 10.9. The van der Waals surface area contributed by atoms with Crippen LogP contribution in [0.1, 0.15) is 10.4 Å². The molecular formula is C14H17NO4S2. The molecule has 2 N–H and O–H groups in total. The number of ether oxygens (including phenoxy) is 1. The van der Waals surface area contributed by atoms with E-state index in [4.69, 9.17) is 4.74 Å². The van der Waals surface area contributed by atoms with Gasteiger partial charge in [-0.15, -0.1) is 11.3 Å². The van der Waals surface area contributed by atoms with Gasteiger partial charge < -0.3 is 9.84 Å². The largest absolute Gasteiger partial charge is 0.492 e. The van der Waals surface area contributed by atoms with Crippen molar-refractivity contribution >= 4 is 21.4 Å². The lowest BCUT2D eigenvalue weighted by atomic mass is 10.3. The molecule has 1 aromatic carbocycles. The van der Waals surface area contributed by atoms with Gasteiger partial charge in [-0.1, -0.05) is 18.2 Å². The van der Waals surface area contributed by atoms with Crippen molar-refractivity contribution in [3.8, 4) is 5.75 Å². The number of aliphatic hydroxyl groups excluding tert-OH is 1. The summed E-state index contributed by atoms with van der Waals surface area (Å²) in [5.41, 5.74) is 0.639. The van der Waals surface area contributed by atoms with E-state index in [2.05, 4.69) is 4.72 Å². The molecule has 114 valence electrons. The van der Waals surface area contributed by atoms with E-state index in [0.29, 0.717) is 16.2 Å². The van der Waals surface area contributed by atoms with Gasteiger partial charge in [-0.05, 0) is 30.0 Å². The van der Waals surface area contributed by atoms with E-state index in [1.54, 1.807) is 24.4 Å². The van der Waals surface area contributed by atoms with Crippen LogP contribution in [-0.2, 0) is 16.6 Å². The minimum absolute atomic E-state index is 0.164. The average molecular weight is 327 g/mol. The predicted octanol–water partition coefficient (Wildman–Crippen LogP) is 1.91. The first-order chi connectivity index (χ1) is 10.0. The van der Waals surface area contributed by atoms with E-state index >= 15 is 0 Å². The Bertz CT molecular complexity index is 680. The van der Waals surface area contributed by atoms with E-state index in [1.807, 2.05) is 18.2 Å². The molecule has 0 spiro atoms. The minimum atomic E-state index is -3.62. The molecule has 0 unspecified atom stereocenters. The third-order valence-corrected chi connectivity index (χ3v) is 5.72. The zero-order valence-electron chi connectivity index (χ0n) is 11.6. The van der Waals surface area contributed by atoms with Gasteiger partial charge in [0.05, 0.1) is 11.5 Å². The van der Waals surface area contributed by atoms with Crippen molar-refractivity contribution in [1.29, 1.82) is 0 Å². The van der Waals surface area contributed by atoms with Crippen molar-refractivity contribution < 1.29 is 18.3 Å². The lowest BCUT2D eigenvalue weighted by molar-refractivity contribution is 0.282. The first-order valence-corrected chi connectivity index (χ1v) is 8.76. The highest BCUT2D eigenvalue weighted by molar-refractivity contribution is 7.89. The van der Waals surface area contributed by atoms with Crippen LogP contribution in [0.3, 0.4) is 0 Å². The van der Waals surface area contributed by atoms with Gasteiger partial charge in [0.15, 0.2) is 0 Å². The van der Waals surface area contributed by atoms with E-state index in [9.17, 15) is 13.5 Å². The van der Waals surface area contributed by atoms with Crippen molar-refractivity contribution in [1.82, 2.24) is 4.72 Å². The molecule has 0 aliphatic heterocycles. The van der Waals surface area contributed by atoms with Crippen molar-refractivity contribution in [3.63, 3.8) is 0 Å². The fourth-order valence-electron chi connectivity index (χ4n) is 1.89. The highest BCUT2D eigenvalue weighted by atomic mass is 32.2. The van der Waals surface area contributed by atoms with Gasteiger partial charge in [0.2, 0.25) is 10.0 Å². The van der Waals surface area contributed by atoms with Gasteiger partial charge in [0, 0.05) is 6.54 Å². The van der Waals surface area contributed by atoms with Crippen molar-refractivity contribution in [2.24, 2.45) is 0 Å². The highest BCUT2D eigenvalue weighted by Crippen LogP contribution is 2.26.